The van der Waals surface area contributed by atoms with E-state index in [1.165, 1.54) is 19.2 Å². The summed E-state index contributed by atoms with van der Waals surface area (Å²) in [6.07, 6.45) is 0. The van der Waals surface area contributed by atoms with Gasteiger partial charge in [0.1, 0.15) is 23.3 Å². The summed E-state index contributed by atoms with van der Waals surface area (Å²) in [5.41, 5.74) is 1.55. The molecule has 0 radical (unpaired) electrons. The summed E-state index contributed by atoms with van der Waals surface area (Å²) >= 11 is 6.21. The van der Waals surface area contributed by atoms with E-state index in [0.29, 0.717) is 39.4 Å². The van der Waals surface area contributed by atoms with E-state index in [2.05, 4.69) is 20.6 Å². The molecule has 2 aromatic carbocycles. The molecule has 0 aliphatic carbocycles. The number of carbonyl (C=O) groups excluding carboxylic acids is 1. The summed E-state index contributed by atoms with van der Waals surface area (Å²) in [5.74, 6) is 0.742. The number of hydrogen-bond donors (Lipinski definition) is 2. The van der Waals surface area contributed by atoms with Crippen molar-refractivity contribution >= 4 is 40.6 Å². The Balaban J connectivity index is 1.86. The average molecular weight is 387 g/mol. The second-order valence-electron chi connectivity index (χ2n) is 5.63. The Morgan fingerprint density at radius 2 is 1.70 bits per heavy atom. The highest BCUT2D eigenvalue weighted by Gasteiger charge is 2.11. The van der Waals surface area contributed by atoms with Crippen LogP contribution in [-0.2, 0) is 4.74 Å². The number of hydrogen-bond acceptors (Lipinski definition) is 6. The van der Waals surface area contributed by atoms with E-state index < -0.39 is 5.97 Å². The summed E-state index contributed by atoms with van der Waals surface area (Å²) in [6.45, 7) is 1.74. The van der Waals surface area contributed by atoms with Crippen molar-refractivity contribution in [1.29, 1.82) is 0 Å². The molecule has 8 heteroatoms. The maximum absolute atomic E-state index is 13.0. The van der Waals surface area contributed by atoms with Gasteiger partial charge in [0, 0.05) is 11.8 Å². The zero-order chi connectivity index (χ0) is 19.4. The lowest BCUT2D eigenvalue weighted by molar-refractivity contribution is 0.0601. The van der Waals surface area contributed by atoms with Gasteiger partial charge < -0.3 is 15.4 Å². The molecule has 138 valence electrons. The van der Waals surface area contributed by atoms with Crippen LogP contribution in [0.15, 0.2) is 48.5 Å². The molecule has 0 atom stereocenters. The van der Waals surface area contributed by atoms with E-state index in [9.17, 15) is 9.18 Å². The van der Waals surface area contributed by atoms with Gasteiger partial charge in [-0.3, -0.25) is 0 Å². The molecule has 0 aliphatic heterocycles. The minimum absolute atomic E-state index is 0.318. The monoisotopic (exact) mass is 386 g/mol. The molecule has 6 nitrogen and oxygen atoms in total. The maximum Gasteiger partial charge on any atom is 0.337 e. The number of aromatic nitrogens is 2. The molecule has 0 saturated heterocycles. The largest absolute Gasteiger partial charge is 0.465 e. The number of halogens is 2. The lowest BCUT2D eigenvalue weighted by Crippen LogP contribution is -2.04. The number of anilines is 4. The fourth-order valence-corrected chi connectivity index (χ4v) is 2.55. The Bertz CT molecular complexity index is 980. The minimum atomic E-state index is -0.466. The number of aryl methyl sites for hydroxylation is 1. The first-order chi connectivity index (χ1) is 12.9. The van der Waals surface area contributed by atoms with Crippen molar-refractivity contribution in [2.75, 3.05) is 17.7 Å². The van der Waals surface area contributed by atoms with E-state index >= 15 is 0 Å². The van der Waals surface area contributed by atoms with Crippen LogP contribution in [0.25, 0.3) is 0 Å². The second-order valence-corrected chi connectivity index (χ2v) is 6.04. The Labute approximate surface area is 160 Å². The lowest BCUT2D eigenvalue weighted by atomic mass is 10.2. The van der Waals surface area contributed by atoms with E-state index in [0.717, 1.165) is 0 Å². The standard InChI is InChI=1S/C19H16ClFN4O2/c1-11-22-17(24-14-6-4-13(21)5-7-14)10-18(23-11)25-16-9-12(19(26)27-2)3-8-15(16)20/h3-10H,1-2H3,(H2,22,23,24,25). The molecular weight excluding hydrogens is 371 g/mol. The Kier molecular flexibility index (Phi) is 5.52. The molecule has 0 fully saturated rings. The van der Waals surface area contributed by atoms with Gasteiger partial charge in [-0.25, -0.2) is 19.2 Å². The Morgan fingerprint density at radius 1 is 1.04 bits per heavy atom. The quantitative estimate of drug-likeness (QED) is 0.610. The highest BCUT2D eigenvalue weighted by atomic mass is 35.5. The van der Waals surface area contributed by atoms with E-state index in [4.69, 9.17) is 16.3 Å². The predicted molar refractivity (Wildman–Crippen MR) is 103 cm³/mol. The number of ether oxygens (including phenoxy) is 1. The van der Waals surface area contributed by atoms with Gasteiger partial charge in [0.15, 0.2) is 0 Å². The molecule has 3 aromatic rings. The zero-order valence-corrected chi connectivity index (χ0v) is 15.3. The number of nitrogens with one attached hydrogen (secondary N) is 2. The van der Waals surface area contributed by atoms with Crippen LogP contribution in [0.2, 0.25) is 5.02 Å². The van der Waals surface area contributed by atoms with E-state index in [1.54, 1.807) is 43.3 Å². The van der Waals surface area contributed by atoms with Gasteiger partial charge in [0.2, 0.25) is 0 Å². The number of rotatable bonds is 5. The molecule has 2 N–H and O–H groups in total. The van der Waals surface area contributed by atoms with Crippen LogP contribution in [0, 0.1) is 12.7 Å². The molecule has 27 heavy (non-hydrogen) atoms. The average Bonchev–Trinajstić information content (AvgIpc) is 2.64. The van der Waals surface area contributed by atoms with Crippen molar-refractivity contribution in [3.05, 3.63) is 70.8 Å². The lowest BCUT2D eigenvalue weighted by Gasteiger charge is -2.12. The molecule has 0 aliphatic rings. The Hall–Kier alpha value is -3.19. The molecular formula is C19H16ClFN4O2. The molecule has 0 amide bonds. The third-order valence-corrected chi connectivity index (χ3v) is 3.93. The maximum atomic E-state index is 13.0. The summed E-state index contributed by atoms with van der Waals surface area (Å²) in [6, 6.07) is 12.4. The van der Waals surface area contributed by atoms with Crippen LogP contribution in [0.1, 0.15) is 16.2 Å². The van der Waals surface area contributed by atoms with Crippen LogP contribution in [0.4, 0.5) is 27.4 Å². The molecule has 0 spiro atoms. The Morgan fingerprint density at radius 3 is 2.37 bits per heavy atom. The van der Waals surface area contributed by atoms with E-state index in [-0.39, 0.29) is 5.82 Å². The highest BCUT2D eigenvalue weighted by Crippen LogP contribution is 2.27. The molecule has 3 rings (SSSR count). The number of nitrogens with zero attached hydrogens (tertiary/aromatic N) is 2. The molecule has 0 unspecified atom stereocenters. The topological polar surface area (TPSA) is 76.1 Å². The van der Waals surface area contributed by atoms with Crippen LogP contribution < -0.4 is 10.6 Å². The summed E-state index contributed by atoms with van der Waals surface area (Å²) in [5, 5.41) is 6.59. The van der Waals surface area contributed by atoms with Gasteiger partial charge in [-0.15, -0.1) is 0 Å². The summed E-state index contributed by atoms with van der Waals surface area (Å²) in [7, 11) is 1.31. The first-order valence-electron chi connectivity index (χ1n) is 7.98. The van der Waals surface area contributed by atoms with Crippen LogP contribution in [0.5, 0.6) is 0 Å². The van der Waals surface area contributed by atoms with Crippen LogP contribution >= 0.6 is 11.6 Å². The number of carbonyl (C=O) groups is 1. The third kappa shape index (κ3) is 4.71. The predicted octanol–water partition coefficient (Wildman–Crippen LogP) is 4.85. The van der Waals surface area contributed by atoms with Crippen molar-refractivity contribution in [3.8, 4) is 0 Å². The summed E-state index contributed by atoms with van der Waals surface area (Å²) in [4.78, 5) is 20.3. The number of benzene rings is 2. The molecule has 0 saturated carbocycles. The van der Waals surface area contributed by atoms with Crippen LogP contribution in [0.3, 0.4) is 0 Å². The fraction of sp³-hybridized carbons (Fsp3) is 0.105. The zero-order valence-electron chi connectivity index (χ0n) is 14.6. The first kappa shape index (κ1) is 18.6. The van der Waals surface area contributed by atoms with Crippen LogP contribution in [-0.4, -0.2) is 23.0 Å². The van der Waals surface area contributed by atoms with Crippen molar-refractivity contribution in [2.45, 2.75) is 6.92 Å². The normalized spacial score (nSPS) is 10.4. The van der Waals surface area contributed by atoms with Crippen molar-refractivity contribution in [1.82, 2.24) is 9.97 Å². The van der Waals surface area contributed by atoms with Gasteiger partial charge >= 0.3 is 5.97 Å². The SMILES string of the molecule is COC(=O)c1ccc(Cl)c(Nc2cc(Nc3ccc(F)cc3)nc(C)n2)c1. The minimum Gasteiger partial charge on any atom is -0.465 e. The van der Waals surface area contributed by atoms with Crippen molar-refractivity contribution in [3.63, 3.8) is 0 Å². The summed E-state index contributed by atoms with van der Waals surface area (Å²) < 4.78 is 17.8. The number of methoxy groups -OCH3 is 1. The first-order valence-corrected chi connectivity index (χ1v) is 8.35. The van der Waals surface area contributed by atoms with Crippen molar-refractivity contribution < 1.29 is 13.9 Å². The van der Waals surface area contributed by atoms with Gasteiger partial charge in [-0.2, -0.15) is 0 Å². The third-order valence-electron chi connectivity index (χ3n) is 3.60. The highest BCUT2D eigenvalue weighted by molar-refractivity contribution is 6.33. The molecule has 1 aromatic heterocycles. The van der Waals surface area contributed by atoms with E-state index in [1.807, 2.05) is 0 Å². The number of esters is 1. The van der Waals surface area contributed by atoms with Gasteiger partial charge in [0.25, 0.3) is 0 Å². The molecule has 1 heterocycles. The van der Waals surface area contributed by atoms with Gasteiger partial charge in [0.05, 0.1) is 23.4 Å². The van der Waals surface area contributed by atoms with Gasteiger partial charge in [-0.05, 0) is 49.4 Å². The fourth-order valence-electron chi connectivity index (χ4n) is 2.38. The second kappa shape index (κ2) is 8.01. The molecule has 0 bridgehead atoms. The van der Waals surface area contributed by atoms with Crippen molar-refractivity contribution in [2.24, 2.45) is 0 Å². The smallest absolute Gasteiger partial charge is 0.337 e. The van der Waals surface area contributed by atoms with Gasteiger partial charge in [-0.1, -0.05) is 11.6 Å².